The summed E-state index contributed by atoms with van der Waals surface area (Å²) in [6.45, 7) is 3.08. The number of halogens is 2. The van der Waals surface area contributed by atoms with Gasteiger partial charge in [0.15, 0.2) is 11.5 Å². The Labute approximate surface area is 119 Å². The zero-order valence-corrected chi connectivity index (χ0v) is 11.4. The fourth-order valence-corrected chi connectivity index (χ4v) is 2.23. The van der Waals surface area contributed by atoms with E-state index in [4.69, 9.17) is 0 Å². The summed E-state index contributed by atoms with van der Waals surface area (Å²) in [5.41, 5.74) is -1.41. The third-order valence-corrected chi connectivity index (χ3v) is 3.53. The summed E-state index contributed by atoms with van der Waals surface area (Å²) in [6, 6.07) is 0.466. The topological polar surface area (TPSA) is 75.5 Å². The van der Waals surface area contributed by atoms with E-state index in [0.717, 1.165) is 12.8 Å². The molecule has 1 aliphatic heterocycles. The zero-order chi connectivity index (χ0) is 15.6. The van der Waals surface area contributed by atoms with Gasteiger partial charge in [0.2, 0.25) is 0 Å². The number of anilines is 1. The second-order valence-electron chi connectivity index (χ2n) is 5.14. The Morgan fingerprint density at radius 3 is 2.57 bits per heavy atom. The maximum absolute atomic E-state index is 13.7. The molecule has 1 aromatic rings. The van der Waals surface area contributed by atoms with E-state index in [2.05, 4.69) is 12.2 Å². The fraction of sp³-hybridized carbons (Fsp3) is 0.462. The number of benzene rings is 1. The number of hydrogen-bond acceptors (Lipinski definition) is 3. The third kappa shape index (κ3) is 3.45. The van der Waals surface area contributed by atoms with Gasteiger partial charge < -0.3 is 4.90 Å². The van der Waals surface area contributed by atoms with Crippen LogP contribution in [0.15, 0.2) is 12.1 Å². The highest BCUT2D eigenvalue weighted by Gasteiger charge is 2.26. The van der Waals surface area contributed by atoms with Crippen LogP contribution in [0.5, 0.6) is 0 Å². The predicted molar refractivity (Wildman–Crippen MR) is 72.0 cm³/mol. The summed E-state index contributed by atoms with van der Waals surface area (Å²) < 4.78 is 26.7. The van der Waals surface area contributed by atoms with Crippen molar-refractivity contribution in [2.24, 2.45) is 5.92 Å². The van der Waals surface area contributed by atoms with Crippen molar-refractivity contribution in [3.05, 3.63) is 33.9 Å². The highest BCUT2D eigenvalue weighted by molar-refractivity contribution is 5.92. The molecular weight excluding hydrogens is 284 g/mol. The Morgan fingerprint density at radius 2 is 2.00 bits per heavy atom. The van der Waals surface area contributed by atoms with Gasteiger partial charge in [0, 0.05) is 19.2 Å². The van der Waals surface area contributed by atoms with Crippen LogP contribution < -0.4 is 5.32 Å². The maximum Gasteiger partial charge on any atom is 0.322 e. The maximum atomic E-state index is 13.7. The number of carbonyl (C=O) groups excluding carboxylic acids is 1. The first-order chi connectivity index (χ1) is 9.88. The summed E-state index contributed by atoms with van der Waals surface area (Å²) >= 11 is 0. The van der Waals surface area contributed by atoms with Gasteiger partial charge in [-0.1, -0.05) is 6.92 Å². The second kappa shape index (κ2) is 6.02. The lowest BCUT2D eigenvalue weighted by atomic mass is 10.00. The number of rotatable bonds is 2. The number of nitro groups is 1. The largest absolute Gasteiger partial charge is 0.325 e. The first kappa shape index (κ1) is 15.1. The van der Waals surface area contributed by atoms with E-state index in [-0.39, 0.29) is 0 Å². The quantitative estimate of drug-likeness (QED) is 0.673. The molecule has 0 unspecified atom stereocenters. The zero-order valence-electron chi connectivity index (χ0n) is 11.4. The van der Waals surface area contributed by atoms with Crippen LogP contribution in [0, 0.1) is 27.7 Å². The van der Waals surface area contributed by atoms with Crippen molar-refractivity contribution in [2.75, 3.05) is 18.4 Å². The van der Waals surface area contributed by atoms with Gasteiger partial charge in [-0.2, -0.15) is 0 Å². The van der Waals surface area contributed by atoms with Crippen LogP contribution in [-0.4, -0.2) is 28.9 Å². The number of piperidine rings is 1. The SMILES string of the molecule is CC1CCN(C(=O)Nc2c(F)cc(F)cc2[N+](=O)[O-])CC1. The summed E-state index contributed by atoms with van der Waals surface area (Å²) in [4.78, 5) is 23.4. The van der Waals surface area contributed by atoms with Gasteiger partial charge in [-0.15, -0.1) is 0 Å². The minimum atomic E-state index is -1.17. The molecular formula is C13H15F2N3O3. The van der Waals surface area contributed by atoms with Crippen LogP contribution in [0.4, 0.5) is 25.0 Å². The molecule has 8 heteroatoms. The number of nitrogens with one attached hydrogen (secondary N) is 1. The van der Waals surface area contributed by atoms with E-state index >= 15 is 0 Å². The Balaban J connectivity index is 2.19. The lowest BCUT2D eigenvalue weighted by Crippen LogP contribution is -2.40. The monoisotopic (exact) mass is 299 g/mol. The molecule has 0 atom stereocenters. The van der Waals surface area contributed by atoms with Crippen LogP contribution in [0.2, 0.25) is 0 Å². The molecule has 21 heavy (non-hydrogen) atoms. The van der Waals surface area contributed by atoms with E-state index in [1.165, 1.54) is 4.90 Å². The average Bonchev–Trinajstić information content (AvgIpc) is 2.41. The molecule has 0 radical (unpaired) electrons. The minimum absolute atomic E-state index is 0.501. The molecule has 114 valence electrons. The Morgan fingerprint density at radius 1 is 1.38 bits per heavy atom. The van der Waals surface area contributed by atoms with Crippen molar-refractivity contribution in [3.8, 4) is 0 Å². The number of likely N-dealkylation sites (tertiary alicyclic amines) is 1. The molecule has 6 nitrogen and oxygen atoms in total. The highest BCUT2D eigenvalue weighted by Crippen LogP contribution is 2.29. The fourth-order valence-electron chi connectivity index (χ4n) is 2.23. The van der Waals surface area contributed by atoms with Crippen LogP contribution in [-0.2, 0) is 0 Å². The molecule has 0 saturated carbocycles. The Bertz CT molecular complexity index is 572. The minimum Gasteiger partial charge on any atom is -0.325 e. The first-order valence-corrected chi connectivity index (χ1v) is 6.58. The number of hydrogen-bond donors (Lipinski definition) is 1. The van der Waals surface area contributed by atoms with Gasteiger partial charge in [0.25, 0.3) is 5.69 Å². The van der Waals surface area contributed by atoms with Gasteiger partial charge in [0.05, 0.1) is 11.0 Å². The van der Waals surface area contributed by atoms with E-state index < -0.39 is 34.0 Å². The molecule has 1 fully saturated rings. The van der Waals surface area contributed by atoms with E-state index in [1.807, 2.05) is 0 Å². The summed E-state index contributed by atoms with van der Waals surface area (Å²) in [7, 11) is 0. The lowest BCUT2D eigenvalue weighted by molar-refractivity contribution is -0.384. The Kier molecular flexibility index (Phi) is 4.35. The van der Waals surface area contributed by atoms with Crippen molar-refractivity contribution in [3.63, 3.8) is 0 Å². The molecule has 1 aromatic carbocycles. The number of urea groups is 1. The van der Waals surface area contributed by atoms with E-state index in [0.29, 0.717) is 31.1 Å². The molecule has 0 spiro atoms. The van der Waals surface area contributed by atoms with Gasteiger partial charge in [-0.3, -0.25) is 15.4 Å². The standard InChI is InChI=1S/C13H15F2N3O3/c1-8-2-4-17(5-3-8)13(19)16-12-10(15)6-9(14)7-11(12)18(20)21/h6-8H,2-5H2,1H3,(H,16,19). The van der Waals surface area contributed by atoms with Gasteiger partial charge in [0.1, 0.15) is 5.82 Å². The third-order valence-electron chi connectivity index (χ3n) is 3.53. The average molecular weight is 299 g/mol. The molecule has 2 amide bonds. The molecule has 2 rings (SSSR count). The van der Waals surface area contributed by atoms with Crippen molar-refractivity contribution in [2.45, 2.75) is 19.8 Å². The number of nitro benzene ring substituents is 1. The summed E-state index contributed by atoms with van der Waals surface area (Å²) in [6.07, 6.45) is 1.64. The highest BCUT2D eigenvalue weighted by atomic mass is 19.1. The number of carbonyl (C=O) groups is 1. The molecule has 0 aromatic heterocycles. The summed E-state index contributed by atoms with van der Waals surface area (Å²) in [5.74, 6) is -1.73. The number of amides is 2. The molecule has 1 N–H and O–H groups in total. The van der Waals surface area contributed by atoms with Gasteiger partial charge in [-0.25, -0.2) is 13.6 Å². The molecule has 0 bridgehead atoms. The smallest absolute Gasteiger partial charge is 0.322 e. The van der Waals surface area contributed by atoms with Crippen molar-refractivity contribution >= 4 is 17.4 Å². The van der Waals surface area contributed by atoms with Crippen molar-refractivity contribution in [1.82, 2.24) is 4.90 Å². The summed E-state index contributed by atoms with van der Waals surface area (Å²) in [5, 5.41) is 13.0. The van der Waals surface area contributed by atoms with Gasteiger partial charge in [-0.05, 0) is 18.8 Å². The van der Waals surface area contributed by atoms with Crippen LogP contribution in [0.1, 0.15) is 19.8 Å². The molecule has 1 heterocycles. The number of nitrogens with zero attached hydrogens (tertiary/aromatic N) is 2. The lowest BCUT2D eigenvalue weighted by Gasteiger charge is -2.30. The normalized spacial score (nSPS) is 15.9. The molecule has 0 aliphatic carbocycles. The van der Waals surface area contributed by atoms with E-state index in [1.54, 1.807) is 0 Å². The molecule has 1 aliphatic rings. The van der Waals surface area contributed by atoms with Gasteiger partial charge >= 0.3 is 6.03 Å². The van der Waals surface area contributed by atoms with Crippen LogP contribution in [0.25, 0.3) is 0 Å². The van der Waals surface area contributed by atoms with Crippen molar-refractivity contribution < 1.29 is 18.5 Å². The first-order valence-electron chi connectivity index (χ1n) is 6.58. The second-order valence-corrected chi connectivity index (χ2v) is 5.14. The van der Waals surface area contributed by atoms with Crippen LogP contribution >= 0.6 is 0 Å². The van der Waals surface area contributed by atoms with Crippen LogP contribution in [0.3, 0.4) is 0 Å². The van der Waals surface area contributed by atoms with E-state index in [9.17, 15) is 23.7 Å². The van der Waals surface area contributed by atoms with Crippen molar-refractivity contribution in [1.29, 1.82) is 0 Å². The predicted octanol–water partition coefficient (Wildman–Crippen LogP) is 3.14. The molecule has 1 saturated heterocycles. The Hall–Kier alpha value is -2.25.